The van der Waals surface area contributed by atoms with Gasteiger partial charge in [0.2, 0.25) is 0 Å². The summed E-state index contributed by atoms with van der Waals surface area (Å²) in [6, 6.07) is 19.8. The molecule has 1 heterocycles. The molecule has 4 nitrogen and oxygen atoms in total. The molecule has 0 bridgehead atoms. The van der Waals surface area contributed by atoms with Gasteiger partial charge in [0, 0.05) is 17.4 Å². The highest BCUT2D eigenvalue weighted by molar-refractivity contribution is 7.90. The van der Waals surface area contributed by atoms with Crippen LogP contribution in [0.1, 0.15) is 11.1 Å². The number of hydrogen-bond acceptors (Lipinski definition) is 4. The molecule has 0 N–H and O–H groups in total. The molecule has 0 fully saturated rings. The van der Waals surface area contributed by atoms with E-state index in [9.17, 15) is 21.6 Å². The van der Waals surface area contributed by atoms with Crippen molar-refractivity contribution in [3.05, 3.63) is 95.8 Å². The van der Waals surface area contributed by atoms with Crippen LogP contribution in [0.2, 0.25) is 0 Å². The monoisotopic (exact) mass is 478 g/mol. The van der Waals surface area contributed by atoms with Crippen LogP contribution in [0.5, 0.6) is 0 Å². The van der Waals surface area contributed by atoms with E-state index < -0.39 is 27.7 Å². The van der Waals surface area contributed by atoms with Crippen molar-refractivity contribution < 1.29 is 21.6 Å². The third-order valence-electron chi connectivity index (χ3n) is 5.08. The van der Waals surface area contributed by atoms with Crippen LogP contribution < -0.4 is 5.01 Å². The summed E-state index contributed by atoms with van der Waals surface area (Å²) < 4.78 is 65.7. The van der Waals surface area contributed by atoms with Gasteiger partial charge in [-0.2, -0.15) is 8.78 Å². The standard InChI is InChI=1S/C23H18ClF3N2O2S/c1-32(30,31)19-13-9-16(10-14-19)21-20(15-7-11-17(25)12-8-15)22(24)29(23(26)27)28(21)18-5-3-2-4-6-18/h2-14,22-23H,1H3. The number of para-hydroxylation sites is 1. The van der Waals surface area contributed by atoms with Crippen LogP contribution in [0.15, 0.2) is 83.8 Å². The average molecular weight is 479 g/mol. The molecule has 32 heavy (non-hydrogen) atoms. The molecule has 0 aliphatic carbocycles. The second-order valence-electron chi connectivity index (χ2n) is 7.21. The zero-order chi connectivity index (χ0) is 23.0. The number of rotatable bonds is 5. The van der Waals surface area contributed by atoms with Crippen molar-refractivity contribution >= 4 is 38.4 Å². The van der Waals surface area contributed by atoms with Gasteiger partial charge in [-0.25, -0.2) is 12.8 Å². The van der Waals surface area contributed by atoms with E-state index in [0.717, 1.165) is 11.3 Å². The molecule has 0 saturated heterocycles. The summed E-state index contributed by atoms with van der Waals surface area (Å²) >= 11 is 6.56. The Kier molecular flexibility index (Phi) is 6.03. The van der Waals surface area contributed by atoms with Gasteiger partial charge < -0.3 is 0 Å². The maximum absolute atomic E-state index is 14.2. The maximum Gasteiger partial charge on any atom is 0.312 e. The van der Waals surface area contributed by atoms with Gasteiger partial charge in [-0.1, -0.05) is 54.1 Å². The van der Waals surface area contributed by atoms with Crippen LogP contribution in [-0.4, -0.2) is 31.7 Å². The predicted molar refractivity (Wildman–Crippen MR) is 119 cm³/mol. The van der Waals surface area contributed by atoms with Crippen molar-refractivity contribution in [2.45, 2.75) is 16.9 Å². The number of alkyl halides is 3. The Morgan fingerprint density at radius 3 is 1.97 bits per heavy atom. The van der Waals surface area contributed by atoms with Gasteiger partial charge in [0.25, 0.3) is 0 Å². The number of nitrogens with zero attached hydrogens (tertiary/aromatic N) is 2. The third kappa shape index (κ3) is 4.13. The van der Waals surface area contributed by atoms with Crippen molar-refractivity contribution in [3.8, 4) is 0 Å². The van der Waals surface area contributed by atoms with Crippen LogP contribution in [-0.2, 0) is 9.84 Å². The first-order chi connectivity index (χ1) is 15.2. The molecule has 4 rings (SSSR count). The predicted octanol–water partition coefficient (Wildman–Crippen LogP) is 5.62. The van der Waals surface area contributed by atoms with Gasteiger partial charge in [0.15, 0.2) is 9.84 Å². The van der Waals surface area contributed by atoms with Crippen LogP contribution >= 0.6 is 11.6 Å². The fraction of sp³-hybridized carbons (Fsp3) is 0.130. The molecule has 166 valence electrons. The summed E-state index contributed by atoms with van der Waals surface area (Å²) in [5.74, 6) is -0.469. The van der Waals surface area contributed by atoms with E-state index in [0.29, 0.717) is 28.1 Å². The molecule has 0 amide bonds. The smallest absolute Gasteiger partial charge is 0.267 e. The summed E-state index contributed by atoms with van der Waals surface area (Å²) in [5, 5.41) is 2.05. The van der Waals surface area contributed by atoms with Crippen LogP contribution in [0.4, 0.5) is 18.9 Å². The molecule has 3 aromatic carbocycles. The number of hydrazine groups is 1. The number of halogens is 4. The van der Waals surface area contributed by atoms with E-state index in [4.69, 9.17) is 11.6 Å². The molecule has 1 atom stereocenters. The SMILES string of the molecule is CS(=O)(=O)c1ccc(C2=C(c3ccc(F)cc3)C(Cl)N(C(F)F)N2c2ccccc2)cc1. The molecule has 0 spiro atoms. The molecule has 1 aliphatic rings. The van der Waals surface area contributed by atoms with E-state index in [1.54, 1.807) is 42.5 Å². The highest BCUT2D eigenvalue weighted by Gasteiger charge is 2.44. The lowest BCUT2D eigenvalue weighted by Gasteiger charge is -2.33. The van der Waals surface area contributed by atoms with Crippen molar-refractivity contribution in [2.24, 2.45) is 0 Å². The normalized spacial score (nSPS) is 17.4. The molecule has 0 radical (unpaired) electrons. The van der Waals surface area contributed by atoms with Gasteiger partial charge in [-0.15, -0.1) is 5.01 Å². The van der Waals surface area contributed by atoms with Gasteiger partial charge in [0.1, 0.15) is 11.3 Å². The van der Waals surface area contributed by atoms with Gasteiger partial charge in [0.05, 0.1) is 16.3 Å². The highest BCUT2D eigenvalue weighted by Crippen LogP contribution is 2.46. The van der Waals surface area contributed by atoms with Crippen molar-refractivity contribution in [2.75, 3.05) is 11.3 Å². The fourth-order valence-electron chi connectivity index (χ4n) is 3.64. The highest BCUT2D eigenvalue weighted by atomic mass is 35.5. The zero-order valence-corrected chi connectivity index (χ0v) is 18.4. The van der Waals surface area contributed by atoms with E-state index in [2.05, 4.69) is 0 Å². The first-order valence-corrected chi connectivity index (χ1v) is 11.9. The lowest BCUT2D eigenvalue weighted by Crippen LogP contribution is -2.44. The molecule has 9 heteroatoms. The minimum absolute atomic E-state index is 0.0996. The van der Waals surface area contributed by atoms with Crippen molar-refractivity contribution in [1.82, 2.24) is 5.01 Å². The minimum atomic E-state index is -3.44. The van der Waals surface area contributed by atoms with Gasteiger partial charge >= 0.3 is 6.55 Å². The van der Waals surface area contributed by atoms with Crippen LogP contribution in [0.25, 0.3) is 11.3 Å². The first-order valence-electron chi connectivity index (χ1n) is 9.55. The number of hydrogen-bond donors (Lipinski definition) is 0. The largest absolute Gasteiger partial charge is 0.312 e. The molecule has 0 saturated carbocycles. The third-order valence-corrected chi connectivity index (χ3v) is 6.63. The lowest BCUT2D eigenvalue weighted by atomic mass is 10.00. The maximum atomic E-state index is 14.2. The van der Waals surface area contributed by atoms with E-state index in [1.807, 2.05) is 0 Å². The second-order valence-corrected chi connectivity index (χ2v) is 9.64. The van der Waals surface area contributed by atoms with E-state index in [1.165, 1.54) is 41.4 Å². The fourth-order valence-corrected chi connectivity index (χ4v) is 4.67. The topological polar surface area (TPSA) is 40.6 Å². The molecule has 3 aromatic rings. The van der Waals surface area contributed by atoms with Crippen LogP contribution in [0, 0.1) is 5.82 Å². The molecular weight excluding hydrogens is 461 g/mol. The Balaban J connectivity index is 1.99. The van der Waals surface area contributed by atoms with E-state index >= 15 is 0 Å². The Morgan fingerprint density at radius 1 is 0.875 bits per heavy atom. The van der Waals surface area contributed by atoms with E-state index in [-0.39, 0.29) is 4.90 Å². The summed E-state index contributed by atoms with van der Waals surface area (Å²) in [6.07, 6.45) is 1.09. The summed E-state index contributed by atoms with van der Waals surface area (Å²) in [4.78, 5) is 0.0996. The lowest BCUT2D eigenvalue weighted by molar-refractivity contribution is -0.0213. The number of benzene rings is 3. The Bertz CT molecular complexity index is 1250. The van der Waals surface area contributed by atoms with Crippen molar-refractivity contribution in [3.63, 3.8) is 0 Å². The first kappa shape index (κ1) is 22.4. The molecular formula is C23H18ClF3N2O2S. The van der Waals surface area contributed by atoms with Gasteiger partial charge in [-0.05, 0) is 42.0 Å². The summed E-state index contributed by atoms with van der Waals surface area (Å²) in [7, 11) is -3.44. The summed E-state index contributed by atoms with van der Waals surface area (Å²) in [6.45, 7) is -2.94. The Hall–Kier alpha value is -2.81. The van der Waals surface area contributed by atoms with Crippen LogP contribution in [0.3, 0.4) is 0 Å². The zero-order valence-electron chi connectivity index (χ0n) is 16.8. The Labute approximate surface area is 189 Å². The second kappa shape index (κ2) is 8.61. The quantitative estimate of drug-likeness (QED) is 0.352. The van der Waals surface area contributed by atoms with Gasteiger partial charge in [-0.3, -0.25) is 5.01 Å². The summed E-state index contributed by atoms with van der Waals surface area (Å²) in [5.41, 5.74) is 0.834. The molecule has 0 aromatic heterocycles. The Morgan fingerprint density at radius 2 is 1.44 bits per heavy atom. The minimum Gasteiger partial charge on any atom is -0.267 e. The van der Waals surface area contributed by atoms with Crippen molar-refractivity contribution in [1.29, 1.82) is 0 Å². The number of anilines is 1. The average Bonchev–Trinajstić information content (AvgIpc) is 3.07. The molecule has 1 unspecified atom stereocenters. The number of sulfone groups is 1. The molecule has 1 aliphatic heterocycles.